The van der Waals surface area contributed by atoms with Crippen LogP contribution in [0.15, 0.2) is 18.5 Å². The number of nitrogens with zero attached hydrogens (tertiary/aromatic N) is 2. The first-order chi connectivity index (χ1) is 8.59. The first kappa shape index (κ1) is 13.0. The molecular formula is C13H19N3O2. The highest BCUT2D eigenvalue weighted by molar-refractivity contribution is 5.93. The molecule has 1 aromatic rings. The van der Waals surface area contributed by atoms with Crippen molar-refractivity contribution >= 4 is 5.91 Å². The van der Waals surface area contributed by atoms with E-state index in [1.807, 2.05) is 0 Å². The van der Waals surface area contributed by atoms with E-state index in [0.717, 1.165) is 25.7 Å². The van der Waals surface area contributed by atoms with Gasteiger partial charge in [0, 0.05) is 6.54 Å². The number of aromatic nitrogens is 2. The first-order valence-electron chi connectivity index (χ1n) is 6.36. The molecule has 0 bridgehead atoms. The van der Waals surface area contributed by atoms with Crippen LogP contribution >= 0.6 is 0 Å². The fourth-order valence-electron chi connectivity index (χ4n) is 2.56. The van der Waals surface area contributed by atoms with Crippen LogP contribution in [0.3, 0.4) is 0 Å². The fraction of sp³-hybridized carbons (Fsp3) is 0.615. The van der Waals surface area contributed by atoms with Gasteiger partial charge in [-0.1, -0.05) is 19.8 Å². The Morgan fingerprint density at radius 2 is 2.44 bits per heavy atom. The summed E-state index contributed by atoms with van der Waals surface area (Å²) < 4.78 is 0. The van der Waals surface area contributed by atoms with Crippen molar-refractivity contribution in [2.45, 2.75) is 38.2 Å². The van der Waals surface area contributed by atoms with Crippen molar-refractivity contribution in [3.63, 3.8) is 0 Å². The normalized spacial score (nSPS) is 27.8. The second-order valence-electron chi connectivity index (χ2n) is 5.24. The van der Waals surface area contributed by atoms with Gasteiger partial charge in [0.25, 0.3) is 5.91 Å². The zero-order valence-corrected chi connectivity index (χ0v) is 10.6. The number of nitrogens with one attached hydrogen (secondary N) is 1. The molecule has 2 unspecified atom stereocenters. The van der Waals surface area contributed by atoms with Crippen LogP contribution in [0.5, 0.6) is 0 Å². The molecule has 1 saturated carbocycles. The maximum Gasteiger partial charge on any atom is 0.253 e. The summed E-state index contributed by atoms with van der Waals surface area (Å²) >= 11 is 0. The summed E-state index contributed by atoms with van der Waals surface area (Å²) in [4.78, 5) is 11.8. The average molecular weight is 249 g/mol. The monoisotopic (exact) mass is 249 g/mol. The molecule has 1 heterocycles. The summed E-state index contributed by atoms with van der Waals surface area (Å²) in [5, 5.41) is 20.4. The van der Waals surface area contributed by atoms with Crippen molar-refractivity contribution < 1.29 is 9.90 Å². The molecule has 2 rings (SSSR count). The maximum absolute atomic E-state index is 11.8. The predicted octanol–water partition coefficient (Wildman–Crippen LogP) is 1.15. The van der Waals surface area contributed by atoms with Crippen LogP contribution in [0.25, 0.3) is 0 Å². The van der Waals surface area contributed by atoms with Crippen molar-refractivity contribution in [3.05, 3.63) is 24.0 Å². The summed E-state index contributed by atoms with van der Waals surface area (Å²) in [5.74, 6) is 0.305. The van der Waals surface area contributed by atoms with E-state index in [9.17, 15) is 9.90 Å². The highest BCUT2D eigenvalue weighted by Crippen LogP contribution is 2.31. The van der Waals surface area contributed by atoms with Crippen molar-refractivity contribution in [1.29, 1.82) is 0 Å². The molecule has 0 saturated heterocycles. The second kappa shape index (κ2) is 5.44. The van der Waals surface area contributed by atoms with Gasteiger partial charge >= 0.3 is 0 Å². The lowest BCUT2D eigenvalue weighted by Crippen LogP contribution is -2.45. The standard InChI is InChI=1S/C13H19N3O2/c1-10-3-2-5-13(18,7-10)9-14-12(17)11-4-6-15-16-8-11/h4,6,8,10,18H,2-3,5,7,9H2,1H3,(H,14,17). The van der Waals surface area contributed by atoms with Gasteiger partial charge in [-0.3, -0.25) is 4.79 Å². The summed E-state index contributed by atoms with van der Waals surface area (Å²) in [6, 6.07) is 1.61. The minimum Gasteiger partial charge on any atom is -0.388 e. The predicted molar refractivity (Wildman–Crippen MR) is 66.9 cm³/mol. The molecule has 2 N–H and O–H groups in total. The molecule has 1 aliphatic carbocycles. The van der Waals surface area contributed by atoms with Gasteiger partial charge in [-0.25, -0.2) is 0 Å². The molecule has 1 amide bonds. The Balaban J connectivity index is 1.89. The SMILES string of the molecule is CC1CCCC(O)(CNC(=O)c2ccnnc2)C1. The topological polar surface area (TPSA) is 75.1 Å². The van der Waals surface area contributed by atoms with Gasteiger partial charge in [-0.15, -0.1) is 0 Å². The van der Waals surface area contributed by atoms with Crippen LogP contribution < -0.4 is 5.32 Å². The van der Waals surface area contributed by atoms with Gasteiger partial charge in [0.2, 0.25) is 0 Å². The number of hydrogen-bond acceptors (Lipinski definition) is 4. The Bertz CT molecular complexity index is 410. The van der Waals surface area contributed by atoms with Crippen LogP contribution in [0.2, 0.25) is 0 Å². The Kier molecular flexibility index (Phi) is 3.91. The lowest BCUT2D eigenvalue weighted by atomic mass is 9.79. The minimum absolute atomic E-state index is 0.212. The molecule has 98 valence electrons. The smallest absolute Gasteiger partial charge is 0.253 e. The molecule has 1 fully saturated rings. The minimum atomic E-state index is -0.756. The van der Waals surface area contributed by atoms with Gasteiger partial charge < -0.3 is 10.4 Å². The number of rotatable bonds is 3. The third kappa shape index (κ3) is 3.26. The zero-order valence-electron chi connectivity index (χ0n) is 10.6. The van der Waals surface area contributed by atoms with Gasteiger partial charge in [-0.2, -0.15) is 10.2 Å². The number of amides is 1. The van der Waals surface area contributed by atoms with E-state index in [4.69, 9.17) is 0 Å². The molecule has 0 spiro atoms. The fourth-order valence-corrected chi connectivity index (χ4v) is 2.56. The molecule has 0 aromatic carbocycles. The largest absolute Gasteiger partial charge is 0.388 e. The zero-order chi connectivity index (χ0) is 13.0. The molecule has 5 nitrogen and oxygen atoms in total. The van der Waals surface area contributed by atoms with Crippen molar-refractivity contribution in [3.8, 4) is 0 Å². The molecule has 18 heavy (non-hydrogen) atoms. The Labute approximate surface area is 107 Å². The Hall–Kier alpha value is -1.49. The number of aliphatic hydroxyl groups is 1. The van der Waals surface area contributed by atoms with Crippen LogP contribution in [0, 0.1) is 5.92 Å². The van der Waals surface area contributed by atoms with Crippen LogP contribution in [0.1, 0.15) is 43.0 Å². The third-order valence-corrected chi connectivity index (χ3v) is 3.49. The summed E-state index contributed by atoms with van der Waals surface area (Å²) in [6.45, 7) is 2.44. The van der Waals surface area contributed by atoms with E-state index in [0.29, 0.717) is 18.0 Å². The van der Waals surface area contributed by atoms with Gasteiger partial charge in [0.1, 0.15) is 0 Å². The number of hydrogen-bond donors (Lipinski definition) is 2. The van der Waals surface area contributed by atoms with E-state index in [2.05, 4.69) is 22.4 Å². The summed E-state index contributed by atoms with van der Waals surface area (Å²) in [6.07, 6.45) is 6.58. The van der Waals surface area contributed by atoms with E-state index >= 15 is 0 Å². The second-order valence-corrected chi connectivity index (χ2v) is 5.24. The third-order valence-electron chi connectivity index (χ3n) is 3.49. The van der Waals surface area contributed by atoms with Gasteiger partial charge in [0.15, 0.2) is 0 Å². The summed E-state index contributed by atoms with van der Waals surface area (Å²) in [5.41, 5.74) is -0.286. The Morgan fingerprint density at radius 3 is 3.11 bits per heavy atom. The van der Waals surface area contributed by atoms with E-state index < -0.39 is 5.60 Å². The molecular weight excluding hydrogens is 230 g/mol. The summed E-state index contributed by atoms with van der Waals surface area (Å²) in [7, 11) is 0. The van der Waals surface area contributed by atoms with Gasteiger partial charge in [0.05, 0.1) is 23.6 Å². The van der Waals surface area contributed by atoms with Crippen molar-refractivity contribution in [2.24, 2.45) is 5.92 Å². The highest BCUT2D eigenvalue weighted by atomic mass is 16.3. The molecule has 1 aliphatic rings. The molecule has 5 heteroatoms. The number of carbonyl (C=O) groups excluding carboxylic acids is 1. The van der Waals surface area contributed by atoms with Crippen molar-refractivity contribution in [1.82, 2.24) is 15.5 Å². The maximum atomic E-state index is 11.8. The van der Waals surface area contributed by atoms with Crippen molar-refractivity contribution in [2.75, 3.05) is 6.54 Å². The lowest BCUT2D eigenvalue weighted by molar-refractivity contribution is -0.0109. The van der Waals surface area contributed by atoms with E-state index in [-0.39, 0.29) is 5.91 Å². The lowest BCUT2D eigenvalue weighted by Gasteiger charge is -2.35. The first-order valence-corrected chi connectivity index (χ1v) is 6.36. The highest BCUT2D eigenvalue weighted by Gasteiger charge is 2.32. The van der Waals surface area contributed by atoms with Crippen LogP contribution in [-0.2, 0) is 0 Å². The van der Waals surface area contributed by atoms with E-state index in [1.165, 1.54) is 12.4 Å². The van der Waals surface area contributed by atoms with E-state index in [1.54, 1.807) is 6.07 Å². The van der Waals surface area contributed by atoms with Gasteiger partial charge in [-0.05, 0) is 24.8 Å². The number of carbonyl (C=O) groups is 1. The molecule has 0 radical (unpaired) electrons. The quantitative estimate of drug-likeness (QED) is 0.842. The molecule has 2 atom stereocenters. The Morgan fingerprint density at radius 1 is 1.61 bits per heavy atom. The molecule has 0 aliphatic heterocycles. The molecule has 1 aromatic heterocycles. The van der Waals surface area contributed by atoms with Crippen LogP contribution in [-0.4, -0.2) is 33.4 Å². The average Bonchev–Trinajstić information content (AvgIpc) is 2.37. The van der Waals surface area contributed by atoms with Crippen LogP contribution in [0.4, 0.5) is 0 Å².